The topological polar surface area (TPSA) is 33.0 Å². The summed E-state index contributed by atoms with van der Waals surface area (Å²) in [6.07, 6.45) is 3.53. The quantitative estimate of drug-likeness (QED) is 0.801. The van der Waals surface area contributed by atoms with Crippen LogP contribution < -0.4 is 4.74 Å². The molecule has 0 spiro atoms. The summed E-state index contributed by atoms with van der Waals surface area (Å²) in [5, 5.41) is 9.15. The van der Waals surface area contributed by atoms with Crippen LogP contribution in [-0.2, 0) is 12.8 Å². The maximum atomic E-state index is 9.15. The second kappa shape index (κ2) is 4.78. The molecule has 94 valence electrons. The van der Waals surface area contributed by atoms with Gasteiger partial charge in [0.05, 0.1) is 5.56 Å². The molecule has 0 fully saturated rings. The van der Waals surface area contributed by atoms with Gasteiger partial charge in [0.25, 0.3) is 0 Å². The Bertz CT molecular complexity index is 667. The minimum atomic E-state index is 0.584. The zero-order chi connectivity index (χ0) is 13.2. The lowest BCUT2D eigenvalue weighted by atomic mass is 10.1. The van der Waals surface area contributed by atoms with E-state index in [0.29, 0.717) is 11.3 Å². The van der Waals surface area contributed by atoms with Gasteiger partial charge in [-0.05, 0) is 67.1 Å². The summed E-state index contributed by atoms with van der Waals surface area (Å²) in [5.41, 5.74) is 4.46. The van der Waals surface area contributed by atoms with Crippen LogP contribution in [0.1, 0.15) is 28.7 Å². The smallest absolute Gasteiger partial charge is 0.145 e. The zero-order valence-electron chi connectivity index (χ0n) is 10.9. The van der Waals surface area contributed by atoms with E-state index < -0.39 is 0 Å². The van der Waals surface area contributed by atoms with Crippen molar-refractivity contribution in [3.63, 3.8) is 0 Å². The van der Waals surface area contributed by atoms with Crippen molar-refractivity contribution in [3.8, 4) is 17.6 Å². The summed E-state index contributed by atoms with van der Waals surface area (Å²) < 4.78 is 5.86. The number of nitrogens with zero attached hydrogens (tertiary/aromatic N) is 1. The van der Waals surface area contributed by atoms with E-state index in [0.717, 1.165) is 17.7 Å². The standard InChI is InChI=1S/C17H15NO/c1-12-5-8-17(15(9-12)11-18)19-16-7-6-13-3-2-4-14(13)10-16/h5-10H,2-4H2,1H3. The molecule has 2 heteroatoms. The highest BCUT2D eigenvalue weighted by atomic mass is 16.5. The minimum absolute atomic E-state index is 0.584. The Balaban J connectivity index is 1.92. The molecule has 0 bridgehead atoms. The summed E-state index contributed by atoms with van der Waals surface area (Å²) in [6, 6.07) is 14.1. The molecule has 1 aliphatic carbocycles. The fraction of sp³-hybridized carbons (Fsp3) is 0.235. The van der Waals surface area contributed by atoms with Crippen LogP contribution in [0.25, 0.3) is 0 Å². The Hall–Kier alpha value is -2.27. The number of hydrogen-bond acceptors (Lipinski definition) is 2. The molecule has 0 unspecified atom stereocenters. The second-order valence-electron chi connectivity index (χ2n) is 5.00. The molecule has 1 aliphatic rings. The fourth-order valence-corrected chi connectivity index (χ4v) is 2.56. The molecule has 19 heavy (non-hydrogen) atoms. The summed E-state index contributed by atoms with van der Waals surface area (Å²) in [4.78, 5) is 0. The lowest BCUT2D eigenvalue weighted by molar-refractivity contribution is 0.480. The third kappa shape index (κ3) is 2.32. The van der Waals surface area contributed by atoms with E-state index >= 15 is 0 Å². The van der Waals surface area contributed by atoms with Crippen LogP contribution in [0, 0.1) is 18.3 Å². The fourth-order valence-electron chi connectivity index (χ4n) is 2.56. The SMILES string of the molecule is Cc1ccc(Oc2ccc3c(c2)CCC3)c(C#N)c1. The van der Waals surface area contributed by atoms with Crippen molar-refractivity contribution >= 4 is 0 Å². The van der Waals surface area contributed by atoms with Crippen molar-refractivity contribution in [2.45, 2.75) is 26.2 Å². The van der Waals surface area contributed by atoms with Crippen LogP contribution in [0.5, 0.6) is 11.5 Å². The van der Waals surface area contributed by atoms with Gasteiger partial charge in [-0.3, -0.25) is 0 Å². The highest BCUT2D eigenvalue weighted by Gasteiger charge is 2.12. The third-order valence-electron chi connectivity index (χ3n) is 3.55. The molecule has 0 atom stereocenters. The van der Waals surface area contributed by atoms with Crippen LogP contribution in [0.15, 0.2) is 36.4 Å². The van der Waals surface area contributed by atoms with Crippen molar-refractivity contribution in [1.82, 2.24) is 0 Å². The van der Waals surface area contributed by atoms with Gasteiger partial charge in [-0.2, -0.15) is 5.26 Å². The van der Waals surface area contributed by atoms with E-state index in [9.17, 15) is 0 Å². The van der Waals surface area contributed by atoms with Crippen molar-refractivity contribution in [2.24, 2.45) is 0 Å². The summed E-state index contributed by atoms with van der Waals surface area (Å²) in [7, 11) is 0. The lowest BCUT2D eigenvalue weighted by Crippen LogP contribution is -1.91. The number of hydrogen-bond donors (Lipinski definition) is 0. The molecule has 2 aromatic carbocycles. The molecule has 0 saturated heterocycles. The third-order valence-corrected chi connectivity index (χ3v) is 3.55. The molecule has 0 aliphatic heterocycles. The Labute approximate surface area is 113 Å². The first-order chi connectivity index (χ1) is 9.26. The number of rotatable bonds is 2. The molecule has 0 amide bonds. The number of benzene rings is 2. The van der Waals surface area contributed by atoms with E-state index in [1.807, 2.05) is 31.2 Å². The predicted octanol–water partition coefficient (Wildman–Crippen LogP) is 4.15. The summed E-state index contributed by atoms with van der Waals surface area (Å²) in [6.45, 7) is 1.97. The second-order valence-corrected chi connectivity index (χ2v) is 5.00. The van der Waals surface area contributed by atoms with Gasteiger partial charge in [0.15, 0.2) is 0 Å². The maximum Gasteiger partial charge on any atom is 0.145 e. The van der Waals surface area contributed by atoms with Crippen LogP contribution in [0.3, 0.4) is 0 Å². The van der Waals surface area contributed by atoms with E-state index in [-0.39, 0.29) is 0 Å². The first kappa shape index (κ1) is 11.8. The summed E-state index contributed by atoms with van der Waals surface area (Å²) in [5.74, 6) is 1.45. The van der Waals surface area contributed by atoms with E-state index in [1.165, 1.54) is 24.0 Å². The minimum Gasteiger partial charge on any atom is -0.456 e. The Kier molecular flexibility index (Phi) is 2.97. The Morgan fingerprint density at radius 2 is 1.89 bits per heavy atom. The van der Waals surface area contributed by atoms with Gasteiger partial charge in [0, 0.05) is 0 Å². The first-order valence-corrected chi connectivity index (χ1v) is 6.57. The maximum absolute atomic E-state index is 9.15. The number of aryl methyl sites for hydroxylation is 3. The Morgan fingerprint density at radius 3 is 2.74 bits per heavy atom. The van der Waals surface area contributed by atoms with Gasteiger partial charge in [0.2, 0.25) is 0 Å². The van der Waals surface area contributed by atoms with Gasteiger partial charge >= 0.3 is 0 Å². The van der Waals surface area contributed by atoms with Crippen molar-refractivity contribution < 1.29 is 4.74 Å². The van der Waals surface area contributed by atoms with Gasteiger partial charge in [-0.1, -0.05) is 12.1 Å². The largest absolute Gasteiger partial charge is 0.456 e. The molecule has 2 aromatic rings. The number of nitriles is 1. The van der Waals surface area contributed by atoms with E-state index in [2.05, 4.69) is 18.2 Å². The molecule has 2 nitrogen and oxygen atoms in total. The molecule has 3 rings (SSSR count). The van der Waals surface area contributed by atoms with Crippen molar-refractivity contribution in [1.29, 1.82) is 5.26 Å². The van der Waals surface area contributed by atoms with Crippen LogP contribution >= 0.6 is 0 Å². The number of ether oxygens (including phenoxy) is 1. The molecule has 0 saturated carbocycles. The van der Waals surface area contributed by atoms with Gasteiger partial charge < -0.3 is 4.74 Å². The van der Waals surface area contributed by atoms with E-state index in [1.54, 1.807) is 0 Å². The zero-order valence-corrected chi connectivity index (χ0v) is 10.9. The normalized spacial score (nSPS) is 12.8. The van der Waals surface area contributed by atoms with Crippen LogP contribution in [0.2, 0.25) is 0 Å². The molecule has 0 heterocycles. The predicted molar refractivity (Wildman–Crippen MR) is 74.4 cm³/mol. The van der Waals surface area contributed by atoms with Gasteiger partial charge in [-0.25, -0.2) is 0 Å². The molecule has 0 radical (unpaired) electrons. The highest BCUT2D eigenvalue weighted by Crippen LogP contribution is 2.30. The Morgan fingerprint density at radius 1 is 1.05 bits per heavy atom. The highest BCUT2D eigenvalue weighted by molar-refractivity contribution is 5.48. The summed E-state index contributed by atoms with van der Waals surface area (Å²) >= 11 is 0. The molecular formula is C17H15NO. The van der Waals surface area contributed by atoms with E-state index in [4.69, 9.17) is 10.00 Å². The van der Waals surface area contributed by atoms with Gasteiger partial charge in [-0.15, -0.1) is 0 Å². The average molecular weight is 249 g/mol. The number of fused-ring (bicyclic) bond motifs is 1. The molecule has 0 N–H and O–H groups in total. The first-order valence-electron chi connectivity index (χ1n) is 6.57. The lowest BCUT2D eigenvalue weighted by Gasteiger charge is -2.09. The van der Waals surface area contributed by atoms with Gasteiger partial charge in [0.1, 0.15) is 17.6 Å². The van der Waals surface area contributed by atoms with Crippen molar-refractivity contribution in [2.75, 3.05) is 0 Å². The molecule has 0 aromatic heterocycles. The van der Waals surface area contributed by atoms with Crippen LogP contribution in [-0.4, -0.2) is 0 Å². The average Bonchev–Trinajstić information content (AvgIpc) is 2.88. The van der Waals surface area contributed by atoms with Crippen molar-refractivity contribution in [3.05, 3.63) is 58.7 Å². The van der Waals surface area contributed by atoms with Crippen LogP contribution in [0.4, 0.5) is 0 Å². The molecular weight excluding hydrogens is 234 g/mol. The monoisotopic (exact) mass is 249 g/mol.